The summed E-state index contributed by atoms with van der Waals surface area (Å²) in [4.78, 5) is 17.0. The van der Waals surface area contributed by atoms with Crippen LogP contribution in [0.25, 0.3) is 22.3 Å². The van der Waals surface area contributed by atoms with Gasteiger partial charge in [-0.1, -0.05) is 30.3 Å². The van der Waals surface area contributed by atoms with Crippen LogP contribution in [0.1, 0.15) is 19.4 Å². The molecular formula is C20H22FN2O4P. The van der Waals surface area contributed by atoms with E-state index in [9.17, 15) is 13.8 Å². The Morgan fingerprint density at radius 1 is 1.07 bits per heavy atom. The molecule has 0 saturated carbocycles. The van der Waals surface area contributed by atoms with Crippen molar-refractivity contribution in [2.45, 2.75) is 20.0 Å². The van der Waals surface area contributed by atoms with Gasteiger partial charge in [0, 0.05) is 12.6 Å². The molecule has 0 bridgehead atoms. The summed E-state index contributed by atoms with van der Waals surface area (Å²) in [6, 6.07) is 11.5. The van der Waals surface area contributed by atoms with Crippen LogP contribution in [0.2, 0.25) is 0 Å². The molecule has 0 saturated heterocycles. The van der Waals surface area contributed by atoms with Crippen LogP contribution in [0.15, 0.2) is 47.3 Å². The molecule has 0 radical (unpaired) electrons. The van der Waals surface area contributed by atoms with Crippen molar-refractivity contribution in [3.63, 3.8) is 0 Å². The summed E-state index contributed by atoms with van der Waals surface area (Å²) in [6.45, 7) is 4.14. The molecule has 3 rings (SSSR count). The minimum atomic E-state index is -3.20. The van der Waals surface area contributed by atoms with Gasteiger partial charge < -0.3 is 9.05 Å². The Morgan fingerprint density at radius 2 is 1.71 bits per heavy atom. The van der Waals surface area contributed by atoms with Gasteiger partial charge in [-0.05, 0) is 31.5 Å². The first kappa shape index (κ1) is 20.4. The summed E-state index contributed by atoms with van der Waals surface area (Å²) in [5.74, 6) is -0.164. The molecule has 0 aliphatic carbocycles. The smallest absolute Gasteiger partial charge is 0.309 e. The fourth-order valence-corrected chi connectivity index (χ4v) is 4.74. The lowest BCUT2D eigenvalue weighted by Crippen LogP contribution is -2.21. The van der Waals surface area contributed by atoms with E-state index in [2.05, 4.69) is 4.98 Å². The Hall–Kier alpha value is -2.34. The zero-order chi connectivity index (χ0) is 20.3. The van der Waals surface area contributed by atoms with E-state index in [1.54, 1.807) is 51.2 Å². The maximum absolute atomic E-state index is 14.0. The Morgan fingerprint density at radius 3 is 2.32 bits per heavy atom. The molecule has 1 heterocycles. The highest BCUT2D eigenvalue weighted by atomic mass is 31.2. The molecule has 0 unspecified atom stereocenters. The molecule has 148 valence electrons. The van der Waals surface area contributed by atoms with E-state index in [-0.39, 0.29) is 11.5 Å². The van der Waals surface area contributed by atoms with Gasteiger partial charge in [0.2, 0.25) is 0 Å². The minimum Gasteiger partial charge on any atom is -0.309 e. The predicted octanol–water partition coefficient (Wildman–Crippen LogP) is 4.51. The van der Waals surface area contributed by atoms with Crippen LogP contribution < -0.4 is 5.56 Å². The summed E-state index contributed by atoms with van der Waals surface area (Å²) in [6.07, 6.45) is 0.157. The number of benzene rings is 2. The molecule has 0 atom stereocenters. The van der Waals surface area contributed by atoms with E-state index in [0.717, 1.165) is 5.56 Å². The predicted molar refractivity (Wildman–Crippen MR) is 107 cm³/mol. The fourth-order valence-electron chi connectivity index (χ4n) is 3.03. The van der Waals surface area contributed by atoms with Gasteiger partial charge in [-0.3, -0.25) is 13.9 Å². The summed E-state index contributed by atoms with van der Waals surface area (Å²) >= 11 is 0. The van der Waals surface area contributed by atoms with E-state index in [4.69, 9.17) is 9.05 Å². The van der Waals surface area contributed by atoms with Gasteiger partial charge in [0.25, 0.3) is 5.56 Å². The average molecular weight is 404 g/mol. The topological polar surface area (TPSA) is 70.4 Å². The first-order valence-corrected chi connectivity index (χ1v) is 10.7. The van der Waals surface area contributed by atoms with Gasteiger partial charge in [0.05, 0.1) is 24.9 Å². The average Bonchev–Trinajstić information content (AvgIpc) is 2.65. The van der Waals surface area contributed by atoms with E-state index in [1.165, 1.54) is 16.7 Å². The fraction of sp³-hybridized carbons (Fsp3) is 0.300. The van der Waals surface area contributed by atoms with Gasteiger partial charge in [0.15, 0.2) is 0 Å². The van der Waals surface area contributed by atoms with Crippen LogP contribution in [0.4, 0.5) is 4.39 Å². The summed E-state index contributed by atoms with van der Waals surface area (Å²) in [5, 5.41) is -0.0280. The lowest BCUT2D eigenvalue weighted by molar-refractivity contribution is 0.219. The quantitative estimate of drug-likeness (QED) is 0.542. The van der Waals surface area contributed by atoms with Gasteiger partial charge in [-0.25, -0.2) is 9.37 Å². The molecule has 0 aliphatic rings. The van der Waals surface area contributed by atoms with Crippen molar-refractivity contribution >= 4 is 18.5 Å². The highest BCUT2D eigenvalue weighted by molar-refractivity contribution is 7.53. The second kappa shape index (κ2) is 8.35. The van der Waals surface area contributed by atoms with Gasteiger partial charge in [-0.2, -0.15) is 0 Å². The Kier molecular flexibility index (Phi) is 6.08. The molecule has 0 spiro atoms. The summed E-state index contributed by atoms with van der Waals surface area (Å²) in [7, 11) is -1.64. The lowest BCUT2D eigenvalue weighted by Gasteiger charge is -2.17. The monoisotopic (exact) mass is 404 g/mol. The standard InChI is InChI=1S/C20H22FN2O4P/c1-4-26-28(25,27-5-2)13-14-9-11-15(12-10-14)19-22-17-8-6-7-16(21)18(17)20(24)23(19)3/h6-12H,4-5,13H2,1-3H3. The van der Waals surface area contributed by atoms with E-state index in [0.29, 0.717) is 30.1 Å². The first-order valence-electron chi connectivity index (χ1n) is 9.01. The molecule has 28 heavy (non-hydrogen) atoms. The van der Waals surface area contributed by atoms with Crippen molar-refractivity contribution in [3.05, 3.63) is 64.2 Å². The van der Waals surface area contributed by atoms with Gasteiger partial charge >= 0.3 is 7.60 Å². The first-order chi connectivity index (χ1) is 13.4. The third-order valence-corrected chi connectivity index (χ3v) is 6.35. The molecule has 8 heteroatoms. The van der Waals surface area contributed by atoms with Crippen molar-refractivity contribution in [1.29, 1.82) is 0 Å². The number of hydrogen-bond donors (Lipinski definition) is 0. The second-order valence-corrected chi connectivity index (χ2v) is 8.29. The molecule has 2 aromatic carbocycles. The molecule has 0 aliphatic heterocycles. The Balaban J connectivity index is 1.97. The maximum Gasteiger partial charge on any atom is 0.335 e. The normalized spacial score (nSPS) is 11.9. The van der Waals surface area contributed by atoms with Crippen molar-refractivity contribution in [3.8, 4) is 11.4 Å². The zero-order valence-electron chi connectivity index (χ0n) is 16.0. The number of aromatic nitrogens is 2. The highest BCUT2D eigenvalue weighted by Gasteiger charge is 2.24. The largest absolute Gasteiger partial charge is 0.335 e. The van der Waals surface area contributed by atoms with Crippen LogP contribution in [-0.2, 0) is 26.8 Å². The van der Waals surface area contributed by atoms with E-state index in [1.807, 2.05) is 0 Å². The third-order valence-electron chi connectivity index (χ3n) is 4.29. The minimum absolute atomic E-state index is 0.0280. The molecule has 1 aromatic heterocycles. The highest BCUT2D eigenvalue weighted by Crippen LogP contribution is 2.51. The molecule has 3 aromatic rings. The molecular weight excluding hydrogens is 382 g/mol. The maximum atomic E-state index is 14.0. The number of halogens is 1. The molecule has 0 amide bonds. The summed E-state index contributed by atoms with van der Waals surface area (Å²) < 4.78 is 38.6. The van der Waals surface area contributed by atoms with Crippen molar-refractivity contribution in [2.75, 3.05) is 13.2 Å². The molecule has 0 N–H and O–H groups in total. The van der Waals surface area contributed by atoms with Crippen LogP contribution in [0, 0.1) is 5.82 Å². The summed E-state index contributed by atoms with van der Waals surface area (Å²) in [5.41, 5.74) is 1.33. The van der Waals surface area contributed by atoms with Crippen LogP contribution in [-0.4, -0.2) is 22.8 Å². The number of fused-ring (bicyclic) bond motifs is 1. The van der Waals surface area contributed by atoms with Crippen molar-refractivity contribution in [1.82, 2.24) is 9.55 Å². The van der Waals surface area contributed by atoms with Crippen LogP contribution in [0.3, 0.4) is 0 Å². The van der Waals surface area contributed by atoms with Crippen LogP contribution >= 0.6 is 7.60 Å². The van der Waals surface area contributed by atoms with Crippen molar-refractivity contribution in [2.24, 2.45) is 7.05 Å². The van der Waals surface area contributed by atoms with E-state index < -0.39 is 19.0 Å². The number of nitrogens with zero attached hydrogens (tertiary/aromatic N) is 2. The van der Waals surface area contributed by atoms with E-state index >= 15 is 0 Å². The van der Waals surface area contributed by atoms with Gasteiger partial charge in [-0.15, -0.1) is 0 Å². The Labute approximate surface area is 162 Å². The molecule has 6 nitrogen and oxygen atoms in total. The molecule has 0 fully saturated rings. The van der Waals surface area contributed by atoms with Crippen molar-refractivity contribution < 1.29 is 18.0 Å². The number of hydrogen-bond acceptors (Lipinski definition) is 5. The number of rotatable bonds is 7. The Bertz CT molecular complexity index is 1090. The van der Waals surface area contributed by atoms with Crippen LogP contribution in [0.5, 0.6) is 0 Å². The third kappa shape index (κ3) is 4.07. The second-order valence-electron chi connectivity index (χ2n) is 6.24. The SMILES string of the molecule is CCOP(=O)(Cc1ccc(-c2nc3cccc(F)c3c(=O)n2C)cc1)OCC. The zero-order valence-corrected chi connectivity index (χ0v) is 16.9. The van der Waals surface area contributed by atoms with Gasteiger partial charge in [0.1, 0.15) is 17.0 Å². The lowest BCUT2D eigenvalue weighted by atomic mass is 10.1.